The van der Waals surface area contributed by atoms with Gasteiger partial charge in [0.1, 0.15) is 54.0 Å². The van der Waals surface area contributed by atoms with Crippen molar-refractivity contribution in [2.75, 3.05) is 19.7 Å². The molecular weight excluding hydrogens is 883 g/mol. The van der Waals surface area contributed by atoms with Crippen molar-refractivity contribution in [3.05, 3.63) is 40.2 Å². The number of rotatable bonds is 18. The van der Waals surface area contributed by atoms with Crippen LogP contribution in [0.2, 0.25) is 0 Å². The summed E-state index contributed by atoms with van der Waals surface area (Å²) in [6.07, 6.45) is -11.1. The number of fused-ring (bicyclic) bond motifs is 1. The maximum Gasteiger partial charge on any atom is 0.336 e. The van der Waals surface area contributed by atoms with Crippen LogP contribution in [0.25, 0.3) is 11.0 Å². The van der Waals surface area contributed by atoms with Crippen molar-refractivity contribution in [2.24, 2.45) is 17.8 Å². The first kappa shape index (κ1) is 52.1. The fourth-order valence-corrected chi connectivity index (χ4v) is 9.87. The summed E-state index contributed by atoms with van der Waals surface area (Å²) in [5.74, 6) is -3.94. The quantitative estimate of drug-likeness (QED) is 0.0538. The minimum Gasteiger partial charge on any atom is -0.508 e. The van der Waals surface area contributed by atoms with Crippen LogP contribution in [0.1, 0.15) is 90.5 Å². The highest BCUT2D eigenvalue weighted by molar-refractivity contribution is 5.87. The van der Waals surface area contributed by atoms with Crippen molar-refractivity contribution in [1.82, 2.24) is 16.0 Å². The molecule has 9 unspecified atom stereocenters. The number of carbonyl (C=O) groups excluding carboxylic acids is 3. The second-order valence-electron chi connectivity index (χ2n) is 18.3. The summed E-state index contributed by atoms with van der Waals surface area (Å²) in [5, 5.41) is 83.0. The lowest BCUT2D eigenvalue weighted by atomic mass is 9.85. The molecule has 2 aliphatic carbocycles. The number of carbonyl (C=O) groups is 4. The first-order chi connectivity index (χ1) is 32.0. The summed E-state index contributed by atoms with van der Waals surface area (Å²) in [7, 11) is 0. The fourth-order valence-electron chi connectivity index (χ4n) is 9.87. The van der Waals surface area contributed by atoms with E-state index in [0.717, 1.165) is 32.1 Å². The Morgan fingerprint density at radius 3 is 2.28 bits per heavy atom. The molecular formula is C46H67N3O18. The van der Waals surface area contributed by atoms with Crippen molar-refractivity contribution in [3.8, 4) is 5.75 Å². The Kier molecular flexibility index (Phi) is 18.5. The van der Waals surface area contributed by atoms with Gasteiger partial charge < -0.3 is 79.8 Å². The van der Waals surface area contributed by atoms with E-state index in [1.54, 1.807) is 0 Å². The molecule has 4 fully saturated rings. The van der Waals surface area contributed by atoms with E-state index < -0.39 is 127 Å². The minimum absolute atomic E-state index is 0.00647. The second-order valence-corrected chi connectivity index (χ2v) is 18.3. The number of benzene rings is 1. The number of phenols is 1. The number of hydrogen-bond donors (Lipinski definition) is 10. The van der Waals surface area contributed by atoms with Crippen molar-refractivity contribution >= 4 is 34.7 Å². The van der Waals surface area contributed by atoms with E-state index in [0.29, 0.717) is 30.2 Å². The molecule has 3 amide bonds. The van der Waals surface area contributed by atoms with Crippen LogP contribution in [0, 0.1) is 17.8 Å². The van der Waals surface area contributed by atoms with Crippen LogP contribution < -0.4 is 21.6 Å². The van der Waals surface area contributed by atoms with Gasteiger partial charge in [-0.1, -0.05) is 45.4 Å². The molecule has 374 valence electrons. The lowest BCUT2D eigenvalue weighted by Crippen LogP contribution is -2.67. The molecule has 6 rings (SSSR count). The standard InChI is InChI=1S/C46H67N3O18/c1-4-25-10-11-26(43(59)48-15-14-47-34(53)18-27-19-35(54)63-30-20-28(52)12-13-29(27)30)17-31(41(25)67-46-40(58)39(57)37(55)22(2)62-46)65-45-36(49-23(3)51)42(38(56)33(21-50)66-45)64-32(44(60)61)16-24-8-6-5-7-9-24/h12-13,19-20,22,24-26,31-33,36-42,45-46,50,52,55-58H,4-11,14-18,21H2,1-3H3,(H,47,53)(H,48,59)(H,49,51)(H,60,61)/t22-,25?,26?,31+,32-,33?,36?,37?,38-,39?,40-,41?,42?,45+,46?/m0/s1. The van der Waals surface area contributed by atoms with Gasteiger partial charge >= 0.3 is 11.6 Å². The van der Waals surface area contributed by atoms with E-state index in [-0.39, 0.29) is 49.6 Å². The average molecular weight is 950 g/mol. The molecule has 3 heterocycles. The number of aliphatic hydroxyl groups is 5. The molecule has 0 bridgehead atoms. The molecule has 2 aromatic rings. The number of phenolic OH excluding ortho intramolecular Hbond substituents is 1. The number of aliphatic carboxylic acids is 1. The summed E-state index contributed by atoms with van der Waals surface area (Å²) in [4.78, 5) is 64.6. The number of carboxylic acids is 1. The number of nitrogens with one attached hydrogen (secondary N) is 3. The third-order valence-electron chi connectivity index (χ3n) is 13.5. The lowest BCUT2D eigenvalue weighted by Gasteiger charge is -2.47. The zero-order valence-electron chi connectivity index (χ0n) is 38.1. The van der Waals surface area contributed by atoms with Crippen LogP contribution in [-0.4, -0.2) is 159 Å². The van der Waals surface area contributed by atoms with E-state index in [1.165, 1.54) is 38.1 Å². The second kappa shape index (κ2) is 23.8. The smallest absolute Gasteiger partial charge is 0.336 e. The fraction of sp³-hybridized carbons (Fsp3) is 0.717. The van der Waals surface area contributed by atoms with Gasteiger partial charge in [-0.05, 0) is 62.1 Å². The third kappa shape index (κ3) is 13.3. The van der Waals surface area contributed by atoms with E-state index in [4.69, 9.17) is 28.1 Å². The average Bonchev–Trinajstić information content (AvgIpc) is 3.46. The van der Waals surface area contributed by atoms with Crippen LogP contribution in [0.4, 0.5) is 0 Å². The number of aliphatic hydroxyl groups excluding tert-OH is 5. The van der Waals surface area contributed by atoms with Crippen LogP contribution >= 0.6 is 0 Å². The van der Waals surface area contributed by atoms with E-state index >= 15 is 0 Å². The third-order valence-corrected chi connectivity index (χ3v) is 13.5. The molecule has 0 radical (unpaired) electrons. The minimum atomic E-state index is -1.70. The Morgan fingerprint density at radius 1 is 0.866 bits per heavy atom. The molecule has 10 N–H and O–H groups in total. The Morgan fingerprint density at radius 2 is 1.60 bits per heavy atom. The van der Waals surface area contributed by atoms with Crippen molar-refractivity contribution in [1.29, 1.82) is 0 Å². The van der Waals surface area contributed by atoms with Crippen molar-refractivity contribution in [2.45, 2.75) is 171 Å². The Labute approximate surface area is 387 Å². The number of amides is 3. The molecule has 67 heavy (non-hydrogen) atoms. The summed E-state index contributed by atoms with van der Waals surface area (Å²) >= 11 is 0. The van der Waals surface area contributed by atoms with Crippen LogP contribution in [-0.2, 0) is 49.3 Å². The number of hydrogen-bond acceptors (Lipinski definition) is 17. The van der Waals surface area contributed by atoms with Gasteiger partial charge in [0.05, 0.1) is 31.3 Å². The maximum atomic E-state index is 14.0. The zero-order valence-corrected chi connectivity index (χ0v) is 38.1. The molecule has 2 saturated heterocycles. The van der Waals surface area contributed by atoms with Crippen molar-refractivity contribution < 1.29 is 83.0 Å². The van der Waals surface area contributed by atoms with Gasteiger partial charge in [0.25, 0.3) is 0 Å². The Bertz CT molecular complexity index is 2050. The van der Waals surface area contributed by atoms with Gasteiger partial charge in [0, 0.05) is 43.5 Å². The monoisotopic (exact) mass is 949 g/mol. The Hall–Kier alpha value is -4.29. The van der Waals surface area contributed by atoms with Gasteiger partial charge in [-0.25, -0.2) is 9.59 Å². The number of carboxylic acid groups (broad SMARTS) is 1. The molecule has 1 aromatic heterocycles. The van der Waals surface area contributed by atoms with Crippen LogP contribution in [0.15, 0.2) is 33.5 Å². The molecule has 2 aliphatic heterocycles. The number of ether oxygens (including phenoxy) is 5. The highest BCUT2D eigenvalue weighted by atomic mass is 16.7. The SMILES string of the molecule is CCC1CCC(C(=O)NCCNC(=O)Cc2cc(=O)oc3cc(O)ccc23)C[C@@H](O[C@@H]2OC(CO)[C@H](O)C(O[C@@H](CC3CCCCC3)C(=O)O)C2NC(C)=O)C1OC1O[C@@H](C)C(O)C(O)[C@@H]1O. The predicted molar refractivity (Wildman–Crippen MR) is 234 cm³/mol. The van der Waals surface area contributed by atoms with Crippen LogP contribution in [0.3, 0.4) is 0 Å². The predicted octanol–water partition coefficient (Wildman–Crippen LogP) is 0.0893. The Balaban J connectivity index is 1.22. The first-order valence-electron chi connectivity index (χ1n) is 23.4. The molecule has 1 aromatic carbocycles. The van der Waals surface area contributed by atoms with Gasteiger partial charge in [-0.2, -0.15) is 0 Å². The topological polar surface area (TPSA) is 322 Å². The summed E-state index contributed by atoms with van der Waals surface area (Å²) < 4.78 is 36.5. The van der Waals surface area contributed by atoms with Gasteiger partial charge in [0.15, 0.2) is 18.7 Å². The number of aromatic hydroxyl groups is 1. The molecule has 21 heteroatoms. The summed E-state index contributed by atoms with van der Waals surface area (Å²) in [6, 6.07) is 4.06. The molecule has 0 spiro atoms. The normalized spacial score (nSPS) is 33.3. The first-order valence-corrected chi connectivity index (χ1v) is 23.4. The molecule has 2 saturated carbocycles. The molecule has 15 atom stereocenters. The van der Waals surface area contributed by atoms with E-state index in [1.807, 2.05) is 6.92 Å². The summed E-state index contributed by atoms with van der Waals surface area (Å²) in [5.41, 5.74) is -0.190. The summed E-state index contributed by atoms with van der Waals surface area (Å²) in [6.45, 7) is 3.86. The highest BCUT2D eigenvalue weighted by Crippen LogP contribution is 2.39. The highest BCUT2D eigenvalue weighted by Gasteiger charge is 2.52. The maximum absolute atomic E-state index is 14.0. The lowest BCUT2D eigenvalue weighted by molar-refractivity contribution is -0.334. The van der Waals surface area contributed by atoms with E-state index in [9.17, 15) is 59.7 Å². The largest absolute Gasteiger partial charge is 0.508 e. The molecule has 21 nitrogen and oxygen atoms in total. The molecule has 4 aliphatic rings. The van der Waals surface area contributed by atoms with Crippen molar-refractivity contribution in [3.63, 3.8) is 0 Å². The van der Waals surface area contributed by atoms with E-state index in [2.05, 4.69) is 16.0 Å². The van der Waals surface area contributed by atoms with Crippen LogP contribution in [0.5, 0.6) is 5.75 Å². The van der Waals surface area contributed by atoms with Gasteiger partial charge in [-0.3, -0.25) is 14.4 Å². The van der Waals surface area contributed by atoms with Gasteiger partial charge in [0.2, 0.25) is 17.7 Å². The van der Waals surface area contributed by atoms with Gasteiger partial charge in [-0.15, -0.1) is 0 Å². The zero-order chi connectivity index (χ0) is 48.5.